The molecule has 0 saturated heterocycles. The van der Waals surface area contributed by atoms with Crippen LogP contribution in [0.2, 0.25) is 0 Å². The minimum atomic E-state index is 0.796. The SMILES string of the molecule is C=C(C)c1ccc2ccccc2c1C.C=C(N=C1C=CC=CC1=C(C)C)c1ccccc1.Cc1ccc(-c2ccccc2)cc1.Cc1ccccc1C. The van der Waals surface area contributed by atoms with Crippen molar-refractivity contribution in [2.24, 2.45) is 4.99 Å². The van der Waals surface area contributed by atoms with Gasteiger partial charge in [-0.2, -0.15) is 0 Å². The van der Waals surface area contributed by atoms with E-state index in [1.807, 2.05) is 54.6 Å². The van der Waals surface area contributed by atoms with E-state index >= 15 is 0 Å². The molecule has 6 aromatic rings. The summed E-state index contributed by atoms with van der Waals surface area (Å²) in [6, 6.07) is 50.2. The Morgan fingerprint density at radius 1 is 0.509 bits per heavy atom. The molecule has 266 valence electrons. The van der Waals surface area contributed by atoms with Gasteiger partial charge in [-0.25, -0.2) is 4.99 Å². The van der Waals surface area contributed by atoms with Crippen molar-refractivity contribution in [3.63, 3.8) is 0 Å². The van der Waals surface area contributed by atoms with Gasteiger partial charge in [0.1, 0.15) is 0 Å². The highest BCUT2D eigenvalue weighted by Crippen LogP contribution is 2.25. The van der Waals surface area contributed by atoms with E-state index in [-0.39, 0.29) is 0 Å². The fourth-order valence-corrected chi connectivity index (χ4v) is 5.76. The molecule has 0 heterocycles. The van der Waals surface area contributed by atoms with E-state index in [2.05, 4.69) is 182 Å². The molecule has 0 bridgehead atoms. The largest absolute Gasteiger partial charge is 0.248 e. The summed E-state index contributed by atoms with van der Waals surface area (Å²) >= 11 is 0. The van der Waals surface area contributed by atoms with Gasteiger partial charge >= 0.3 is 0 Å². The molecule has 0 radical (unpaired) electrons. The minimum absolute atomic E-state index is 0.796. The molecule has 0 aromatic heterocycles. The number of aryl methyl sites for hydroxylation is 4. The maximum atomic E-state index is 4.64. The molecule has 1 aliphatic carbocycles. The molecule has 0 unspecified atom stereocenters. The Balaban J connectivity index is 0.000000163. The first kappa shape index (κ1) is 39.7. The number of allylic oxidation sites excluding steroid dienone is 7. The summed E-state index contributed by atoms with van der Waals surface area (Å²) < 4.78 is 0. The van der Waals surface area contributed by atoms with E-state index in [1.165, 1.54) is 60.9 Å². The standard InChI is InChI=1S/C17H17N.C14H14.C13H12.C8H10/c1-13(2)16-11-7-8-12-17(16)18-14(3)15-9-5-4-6-10-15;1-10(2)13-9-8-12-6-4-5-7-14(12)11(13)3;1-11-7-9-13(10-8-11)12-5-3-2-4-6-12;1-7-5-3-4-6-8(7)2/h4-12H,3H2,1-2H3;4-9H,1H2,2-3H3;2-10H,1H3;3-6H,1-2H3. The maximum absolute atomic E-state index is 4.64. The summed E-state index contributed by atoms with van der Waals surface area (Å²) in [6.45, 7) is 22.8. The van der Waals surface area contributed by atoms with Crippen molar-refractivity contribution in [2.45, 2.75) is 48.5 Å². The summed E-state index contributed by atoms with van der Waals surface area (Å²) in [5.74, 6) is 0. The summed E-state index contributed by atoms with van der Waals surface area (Å²) in [5, 5.41) is 2.63. The van der Waals surface area contributed by atoms with E-state index in [0.29, 0.717) is 0 Å². The van der Waals surface area contributed by atoms with Crippen molar-refractivity contribution >= 4 is 27.8 Å². The van der Waals surface area contributed by atoms with Crippen LogP contribution in [0.3, 0.4) is 0 Å². The Labute approximate surface area is 318 Å². The Morgan fingerprint density at radius 3 is 1.62 bits per heavy atom. The predicted molar refractivity (Wildman–Crippen MR) is 235 cm³/mol. The van der Waals surface area contributed by atoms with Gasteiger partial charge in [0.25, 0.3) is 0 Å². The van der Waals surface area contributed by atoms with E-state index in [9.17, 15) is 0 Å². The number of benzene rings is 6. The summed E-state index contributed by atoms with van der Waals surface area (Å²) in [5.41, 5.74) is 15.6. The molecule has 1 aliphatic rings. The van der Waals surface area contributed by atoms with Crippen LogP contribution in [0.15, 0.2) is 199 Å². The van der Waals surface area contributed by atoms with E-state index in [0.717, 1.165) is 22.5 Å². The lowest BCUT2D eigenvalue weighted by Crippen LogP contribution is -2.02. The Kier molecular flexibility index (Phi) is 15.1. The van der Waals surface area contributed by atoms with Crippen molar-refractivity contribution in [1.82, 2.24) is 0 Å². The molecule has 0 aliphatic heterocycles. The highest BCUT2D eigenvalue weighted by atomic mass is 14.8. The highest BCUT2D eigenvalue weighted by Gasteiger charge is 2.07. The predicted octanol–water partition coefficient (Wildman–Crippen LogP) is 14.7. The lowest BCUT2D eigenvalue weighted by molar-refractivity contribution is 1.34. The average molecular weight is 692 g/mol. The van der Waals surface area contributed by atoms with Gasteiger partial charge in [0.05, 0.1) is 11.4 Å². The number of hydrogen-bond acceptors (Lipinski definition) is 1. The molecular formula is C52H53N. The number of hydrogen-bond donors (Lipinski definition) is 0. The molecule has 0 spiro atoms. The van der Waals surface area contributed by atoms with Crippen molar-refractivity contribution in [2.75, 3.05) is 0 Å². The van der Waals surface area contributed by atoms with Crippen LogP contribution in [-0.4, -0.2) is 5.71 Å². The van der Waals surface area contributed by atoms with Crippen LogP contribution in [0, 0.1) is 27.7 Å². The van der Waals surface area contributed by atoms with Crippen LogP contribution in [0.5, 0.6) is 0 Å². The first-order valence-corrected chi connectivity index (χ1v) is 18.2. The van der Waals surface area contributed by atoms with Crippen molar-refractivity contribution in [3.05, 3.63) is 228 Å². The molecule has 53 heavy (non-hydrogen) atoms. The van der Waals surface area contributed by atoms with Gasteiger partial charge < -0.3 is 0 Å². The molecule has 0 amide bonds. The Morgan fingerprint density at radius 2 is 1.04 bits per heavy atom. The fraction of sp³-hybridized carbons (Fsp3) is 0.135. The smallest absolute Gasteiger partial charge is 0.0708 e. The zero-order valence-electron chi connectivity index (χ0n) is 32.5. The zero-order chi connectivity index (χ0) is 38.2. The van der Waals surface area contributed by atoms with Crippen LogP contribution in [0.4, 0.5) is 0 Å². The third-order valence-electron chi connectivity index (χ3n) is 9.05. The Hall–Kier alpha value is -6.05. The second kappa shape index (κ2) is 20.1. The minimum Gasteiger partial charge on any atom is -0.248 e. The van der Waals surface area contributed by atoms with Gasteiger partial charge in [-0.1, -0.05) is 194 Å². The quantitative estimate of drug-likeness (QED) is 0.174. The average Bonchev–Trinajstić information content (AvgIpc) is 3.18. The lowest BCUT2D eigenvalue weighted by atomic mass is 9.97. The van der Waals surface area contributed by atoms with Crippen molar-refractivity contribution in [3.8, 4) is 11.1 Å². The normalized spacial score (nSPS) is 12.1. The molecule has 1 nitrogen and oxygen atoms in total. The third kappa shape index (κ3) is 12.0. The van der Waals surface area contributed by atoms with Crippen molar-refractivity contribution < 1.29 is 0 Å². The topological polar surface area (TPSA) is 12.4 Å². The fourth-order valence-electron chi connectivity index (χ4n) is 5.76. The molecule has 0 N–H and O–H groups in total. The van der Waals surface area contributed by atoms with Crippen LogP contribution in [-0.2, 0) is 0 Å². The van der Waals surface area contributed by atoms with E-state index in [1.54, 1.807) is 0 Å². The molecule has 0 atom stereocenters. The lowest BCUT2D eigenvalue weighted by Gasteiger charge is -2.10. The zero-order valence-corrected chi connectivity index (χ0v) is 32.5. The second-order valence-electron chi connectivity index (χ2n) is 13.5. The number of aliphatic imine (C=N–C) groups is 1. The van der Waals surface area contributed by atoms with Crippen molar-refractivity contribution in [1.29, 1.82) is 0 Å². The summed E-state index contributed by atoms with van der Waals surface area (Å²) in [6.07, 6.45) is 8.15. The number of nitrogens with zero attached hydrogens (tertiary/aromatic N) is 1. The van der Waals surface area contributed by atoms with Gasteiger partial charge in [0.15, 0.2) is 0 Å². The summed E-state index contributed by atoms with van der Waals surface area (Å²) in [7, 11) is 0. The first-order valence-electron chi connectivity index (χ1n) is 18.2. The van der Waals surface area contributed by atoms with Gasteiger partial charge in [-0.05, 0) is 110 Å². The molecule has 0 saturated carbocycles. The van der Waals surface area contributed by atoms with Crippen LogP contribution < -0.4 is 0 Å². The maximum Gasteiger partial charge on any atom is 0.0708 e. The summed E-state index contributed by atoms with van der Waals surface area (Å²) in [4.78, 5) is 4.64. The van der Waals surface area contributed by atoms with E-state index < -0.39 is 0 Å². The third-order valence-corrected chi connectivity index (χ3v) is 9.05. The first-order chi connectivity index (χ1) is 25.5. The van der Waals surface area contributed by atoms with Crippen LogP contribution in [0.1, 0.15) is 54.2 Å². The Bertz CT molecular complexity index is 2220. The molecule has 0 fully saturated rings. The van der Waals surface area contributed by atoms with Gasteiger partial charge in [0, 0.05) is 0 Å². The monoisotopic (exact) mass is 691 g/mol. The van der Waals surface area contributed by atoms with E-state index in [4.69, 9.17) is 0 Å². The molecule has 7 rings (SSSR count). The molecule has 1 heteroatoms. The van der Waals surface area contributed by atoms with Gasteiger partial charge in [-0.3, -0.25) is 0 Å². The van der Waals surface area contributed by atoms with Crippen LogP contribution in [0.25, 0.3) is 33.2 Å². The number of fused-ring (bicyclic) bond motifs is 1. The highest BCUT2D eigenvalue weighted by molar-refractivity contribution is 6.13. The number of rotatable bonds is 4. The molecule has 6 aromatic carbocycles. The van der Waals surface area contributed by atoms with Crippen LogP contribution >= 0.6 is 0 Å². The van der Waals surface area contributed by atoms with Gasteiger partial charge in [0.2, 0.25) is 0 Å². The van der Waals surface area contributed by atoms with Gasteiger partial charge in [-0.15, -0.1) is 0 Å². The second-order valence-corrected chi connectivity index (χ2v) is 13.5. The molecular weight excluding hydrogens is 639 g/mol.